The molecule has 0 saturated heterocycles. The van der Waals surface area contributed by atoms with Crippen LogP contribution in [0.4, 0.5) is 0 Å². The van der Waals surface area contributed by atoms with E-state index in [1.807, 2.05) is 6.92 Å². The highest BCUT2D eigenvalue weighted by Crippen LogP contribution is 2.04. The van der Waals surface area contributed by atoms with Crippen molar-refractivity contribution in [3.05, 3.63) is 59.2 Å². The van der Waals surface area contributed by atoms with Crippen LogP contribution in [-0.2, 0) is 6.54 Å². The van der Waals surface area contributed by atoms with Crippen molar-refractivity contribution in [1.82, 2.24) is 15.3 Å². The summed E-state index contributed by atoms with van der Waals surface area (Å²) in [4.78, 5) is 30.8. The average Bonchev–Trinajstić information content (AvgIpc) is 2.45. The van der Waals surface area contributed by atoms with Gasteiger partial charge in [-0.1, -0.05) is 0 Å². The zero-order chi connectivity index (χ0) is 14.5. The van der Waals surface area contributed by atoms with Crippen LogP contribution in [0.3, 0.4) is 0 Å². The maximum Gasteiger partial charge on any atom is 0.253 e. The first-order valence-electron chi connectivity index (χ1n) is 6.00. The highest BCUT2D eigenvalue weighted by molar-refractivity contribution is 5.94. The molecule has 0 aliphatic rings. The largest absolute Gasteiger partial charge is 0.366 e. The number of nitrogens with one attached hydrogen (secondary N) is 1. The van der Waals surface area contributed by atoms with Gasteiger partial charge in [-0.05, 0) is 30.2 Å². The standard InChI is InChI=1S/C14H14N4O2/c1-9-2-12(8-16-4-9)14(20)18-6-10-3-11(13(15)19)7-17-5-10/h2-5,7-8H,6H2,1H3,(H2,15,19)(H,18,20). The lowest BCUT2D eigenvalue weighted by Crippen LogP contribution is -2.23. The van der Waals surface area contributed by atoms with Gasteiger partial charge in [0, 0.05) is 31.3 Å². The van der Waals surface area contributed by atoms with E-state index in [9.17, 15) is 9.59 Å². The summed E-state index contributed by atoms with van der Waals surface area (Å²) in [5.74, 6) is -0.778. The number of amides is 2. The lowest BCUT2D eigenvalue weighted by molar-refractivity contribution is 0.0949. The Bertz CT molecular complexity index is 655. The highest BCUT2D eigenvalue weighted by atomic mass is 16.2. The van der Waals surface area contributed by atoms with Crippen LogP contribution in [0.25, 0.3) is 0 Å². The van der Waals surface area contributed by atoms with Crippen LogP contribution in [0, 0.1) is 6.92 Å². The van der Waals surface area contributed by atoms with E-state index in [0.717, 1.165) is 5.56 Å². The number of rotatable bonds is 4. The quantitative estimate of drug-likeness (QED) is 0.859. The van der Waals surface area contributed by atoms with Crippen molar-refractivity contribution in [2.24, 2.45) is 5.73 Å². The predicted octanol–water partition coefficient (Wildman–Crippen LogP) is 0.814. The molecule has 0 fully saturated rings. The topological polar surface area (TPSA) is 98.0 Å². The first-order valence-corrected chi connectivity index (χ1v) is 6.00. The molecule has 0 aliphatic heterocycles. The van der Waals surface area contributed by atoms with Gasteiger partial charge in [0.05, 0.1) is 11.1 Å². The van der Waals surface area contributed by atoms with Crippen LogP contribution in [-0.4, -0.2) is 21.8 Å². The Balaban J connectivity index is 2.03. The molecule has 0 saturated carbocycles. The van der Waals surface area contributed by atoms with Crippen LogP contribution < -0.4 is 11.1 Å². The SMILES string of the molecule is Cc1cncc(C(=O)NCc2cncc(C(N)=O)c2)c1. The summed E-state index contributed by atoms with van der Waals surface area (Å²) < 4.78 is 0. The molecular formula is C14H14N4O2. The maximum absolute atomic E-state index is 11.9. The van der Waals surface area contributed by atoms with Crippen molar-refractivity contribution < 1.29 is 9.59 Å². The van der Waals surface area contributed by atoms with E-state index in [2.05, 4.69) is 15.3 Å². The molecule has 3 N–H and O–H groups in total. The zero-order valence-electron chi connectivity index (χ0n) is 11.0. The Labute approximate surface area is 116 Å². The van der Waals surface area contributed by atoms with Crippen molar-refractivity contribution in [3.8, 4) is 0 Å². The van der Waals surface area contributed by atoms with E-state index >= 15 is 0 Å². The fourth-order valence-corrected chi connectivity index (χ4v) is 1.68. The van der Waals surface area contributed by atoms with E-state index in [1.165, 1.54) is 12.4 Å². The summed E-state index contributed by atoms with van der Waals surface area (Å²) in [6.45, 7) is 2.13. The molecule has 2 rings (SSSR count). The summed E-state index contributed by atoms with van der Waals surface area (Å²) in [6, 6.07) is 3.35. The molecule has 2 amide bonds. The van der Waals surface area contributed by atoms with Gasteiger partial charge in [-0.15, -0.1) is 0 Å². The van der Waals surface area contributed by atoms with Crippen molar-refractivity contribution in [3.63, 3.8) is 0 Å². The summed E-state index contributed by atoms with van der Waals surface area (Å²) >= 11 is 0. The highest BCUT2D eigenvalue weighted by Gasteiger charge is 2.07. The number of aromatic nitrogens is 2. The molecule has 0 radical (unpaired) electrons. The van der Waals surface area contributed by atoms with Crippen LogP contribution in [0.2, 0.25) is 0 Å². The summed E-state index contributed by atoms with van der Waals surface area (Å²) in [6.07, 6.45) is 6.14. The molecule has 0 aromatic carbocycles. The van der Waals surface area contributed by atoms with E-state index in [1.54, 1.807) is 24.5 Å². The molecule has 6 nitrogen and oxygen atoms in total. The van der Waals surface area contributed by atoms with Crippen molar-refractivity contribution in [2.75, 3.05) is 0 Å². The number of primary amides is 1. The number of nitrogens with zero attached hydrogens (tertiary/aromatic N) is 2. The number of nitrogens with two attached hydrogens (primary N) is 1. The molecule has 0 spiro atoms. The third-order valence-electron chi connectivity index (χ3n) is 2.67. The van der Waals surface area contributed by atoms with Crippen molar-refractivity contribution in [1.29, 1.82) is 0 Å². The van der Waals surface area contributed by atoms with Gasteiger partial charge in [-0.25, -0.2) is 0 Å². The Morgan fingerprint density at radius 2 is 1.80 bits per heavy atom. The Morgan fingerprint density at radius 3 is 2.50 bits per heavy atom. The molecule has 2 heterocycles. The lowest BCUT2D eigenvalue weighted by Gasteiger charge is -2.06. The minimum atomic E-state index is -0.548. The van der Waals surface area contributed by atoms with Crippen molar-refractivity contribution in [2.45, 2.75) is 13.5 Å². The Hall–Kier alpha value is -2.76. The molecule has 102 valence electrons. The van der Waals surface area contributed by atoms with Gasteiger partial charge < -0.3 is 11.1 Å². The van der Waals surface area contributed by atoms with Crippen LogP contribution >= 0.6 is 0 Å². The normalized spacial score (nSPS) is 10.1. The fraction of sp³-hybridized carbons (Fsp3) is 0.143. The second-order valence-electron chi connectivity index (χ2n) is 4.38. The van der Waals surface area contributed by atoms with E-state index in [-0.39, 0.29) is 12.5 Å². The summed E-state index contributed by atoms with van der Waals surface area (Å²) in [7, 11) is 0. The number of pyridine rings is 2. The van der Waals surface area contributed by atoms with Crippen LogP contribution in [0.1, 0.15) is 31.8 Å². The molecule has 0 unspecified atom stereocenters. The zero-order valence-corrected chi connectivity index (χ0v) is 11.0. The van der Waals surface area contributed by atoms with E-state index in [4.69, 9.17) is 5.73 Å². The minimum Gasteiger partial charge on any atom is -0.366 e. The van der Waals surface area contributed by atoms with Crippen LogP contribution in [0.15, 0.2) is 36.9 Å². The molecule has 6 heteroatoms. The Morgan fingerprint density at radius 1 is 1.10 bits per heavy atom. The second-order valence-corrected chi connectivity index (χ2v) is 4.38. The summed E-state index contributed by atoms with van der Waals surface area (Å²) in [5.41, 5.74) is 7.59. The monoisotopic (exact) mass is 270 g/mol. The van der Waals surface area contributed by atoms with Crippen LogP contribution in [0.5, 0.6) is 0 Å². The van der Waals surface area contributed by atoms with Gasteiger partial charge in [0.15, 0.2) is 0 Å². The third-order valence-corrected chi connectivity index (χ3v) is 2.67. The predicted molar refractivity (Wildman–Crippen MR) is 72.9 cm³/mol. The van der Waals surface area contributed by atoms with Gasteiger partial charge >= 0.3 is 0 Å². The number of carbonyl (C=O) groups excluding carboxylic acids is 2. The first-order chi connectivity index (χ1) is 9.56. The van der Waals surface area contributed by atoms with Gasteiger partial charge in [0.2, 0.25) is 5.91 Å². The molecule has 2 aromatic rings. The number of hydrogen-bond acceptors (Lipinski definition) is 4. The first kappa shape index (κ1) is 13.7. The molecular weight excluding hydrogens is 256 g/mol. The summed E-state index contributed by atoms with van der Waals surface area (Å²) in [5, 5.41) is 2.74. The van der Waals surface area contributed by atoms with E-state index < -0.39 is 5.91 Å². The van der Waals surface area contributed by atoms with Gasteiger partial charge in [-0.3, -0.25) is 19.6 Å². The maximum atomic E-state index is 11.9. The van der Waals surface area contributed by atoms with Gasteiger partial charge in [0.25, 0.3) is 5.91 Å². The second kappa shape index (κ2) is 5.92. The van der Waals surface area contributed by atoms with E-state index in [0.29, 0.717) is 16.7 Å². The molecule has 0 atom stereocenters. The number of aryl methyl sites for hydroxylation is 1. The molecule has 0 bridgehead atoms. The minimum absolute atomic E-state index is 0.231. The average molecular weight is 270 g/mol. The lowest BCUT2D eigenvalue weighted by atomic mass is 10.2. The number of hydrogen-bond donors (Lipinski definition) is 2. The molecule has 0 aliphatic carbocycles. The van der Waals surface area contributed by atoms with Gasteiger partial charge in [-0.2, -0.15) is 0 Å². The third kappa shape index (κ3) is 3.38. The smallest absolute Gasteiger partial charge is 0.253 e. The van der Waals surface area contributed by atoms with Crippen molar-refractivity contribution >= 4 is 11.8 Å². The fourth-order valence-electron chi connectivity index (χ4n) is 1.68. The molecule has 2 aromatic heterocycles. The molecule has 20 heavy (non-hydrogen) atoms. The van der Waals surface area contributed by atoms with Gasteiger partial charge in [0.1, 0.15) is 0 Å². The number of carbonyl (C=O) groups is 2. The Kier molecular flexibility index (Phi) is 4.05.